The molecule has 1 saturated carbocycles. The van der Waals surface area contributed by atoms with Crippen molar-refractivity contribution in [3.63, 3.8) is 0 Å². The first-order valence-corrected chi connectivity index (χ1v) is 6.08. The molecule has 2 atom stereocenters. The molecule has 1 aromatic carbocycles. The molecule has 0 radical (unpaired) electrons. The predicted molar refractivity (Wildman–Crippen MR) is 64.9 cm³/mol. The summed E-state index contributed by atoms with van der Waals surface area (Å²) in [4.78, 5) is 25.1. The number of carbonyl (C=O) groups is 2. The molecule has 2 unspecified atom stereocenters. The summed E-state index contributed by atoms with van der Waals surface area (Å²) in [6.45, 7) is 0.184. The van der Waals surface area contributed by atoms with Crippen LogP contribution in [0.5, 0.6) is 5.75 Å². The second-order valence-electron chi connectivity index (χ2n) is 4.85. The summed E-state index contributed by atoms with van der Waals surface area (Å²) >= 11 is 0. The van der Waals surface area contributed by atoms with E-state index in [2.05, 4.69) is 0 Å². The molecular weight excluding hydrogens is 244 g/mol. The molecule has 2 amide bonds. The fourth-order valence-corrected chi connectivity index (χ4v) is 2.55. The lowest BCUT2D eigenvalue weighted by atomic mass is 10.1. The van der Waals surface area contributed by atoms with E-state index in [4.69, 9.17) is 10.00 Å². The third-order valence-electron chi connectivity index (χ3n) is 3.69. The Kier molecular flexibility index (Phi) is 2.53. The van der Waals surface area contributed by atoms with Gasteiger partial charge in [-0.15, -0.1) is 0 Å². The van der Waals surface area contributed by atoms with E-state index in [0.717, 1.165) is 0 Å². The number of nitrogens with zero attached hydrogens (tertiary/aromatic N) is 2. The van der Waals surface area contributed by atoms with Gasteiger partial charge in [0.25, 0.3) is 0 Å². The molecule has 0 aromatic heterocycles. The average molecular weight is 256 g/mol. The number of likely N-dealkylation sites (tertiary alicyclic amines) is 1. The molecule has 2 aliphatic rings. The van der Waals surface area contributed by atoms with E-state index < -0.39 is 0 Å². The maximum absolute atomic E-state index is 11.9. The highest BCUT2D eigenvalue weighted by Crippen LogP contribution is 2.47. The highest BCUT2D eigenvalue weighted by Gasteiger charge is 2.58. The number of fused-ring (bicyclic) bond motifs is 1. The van der Waals surface area contributed by atoms with Gasteiger partial charge in [-0.25, -0.2) is 0 Å². The molecule has 1 heterocycles. The zero-order valence-electron chi connectivity index (χ0n) is 10.4. The lowest BCUT2D eigenvalue weighted by Gasteiger charge is -2.18. The molecular formula is C14H12N2O3. The van der Waals surface area contributed by atoms with Gasteiger partial charge >= 0.3 is 0 Å². The Morgan fingerprint density at radius 3 is 2.63 bits per heavy atom. The molecule has 0 bridgehead atoms. The normalized spacial score (nSPS) is 24.1. The highest BCUT2D eigenvalue weighted by atomic mass is 16.5. The molecule has 1 saturated heterocycles. The minimum Gasteiger partial charge on any atom is -0.496 e. The standard InChI is InChI=1S/C14H12N2O3/c1-19-12-3-2-8(6-15)4-9(12)7-16-13(17)10-5-11(10)14(16)18/h2-4,10-11H,5,7H2,1H3. The molecule has 5 nitrogen and oxygen atoms in total. The Labute approximate surface area is 110 Å². The quantitative estimate of drug-likeness (QED) is 0.758. The number of carbonyl (C=O) groups excluding carboxylic acids is 2. The Hall–Kier alpha value is -2.35. The van der Waals surface area contributed by atoms with Crippen LogP contribution >= 0.6 is 0 Å². The van der Waals surface area contributed by atoms with Crippen LogP contribution < -0.4 is 4.74 Å². The van der Waals surface area contributed by atoms with Crippen LogP contribution in [0.4, 0.5) is 0 Å². The summed E-state index contributed by atoms with van der Waals surface area (Å²) < 4.78 is 5.20. The van der Waals surface area contributed by atoms with E-state index in [9.17, 15) is 9.59 Å². The predicted octanol–water partition coefficient (Wildman–Crippen LogP) is 1.07. The van der Waals surface area contributed by atoms with Crippen molar-refractivity contribution in [2.75, 3.05) is 7.11 Å². The van der Waals surface area contributed by atoms with E-state index in [-0.39, 0.29) is 30.2 Å². The SMILES string of the molecule is COc1ccc(C#N)cc1CN1C(=O)C2CC2C1=O. The molecule has 1 aromatic rings. The Balaban J connectivity index is 1.89. The Morgan fingerprint density at radius 2 is 2.05 bits per heavy atom. The summed E-state index contributed by atoms with van der Waals surface area (Å²) in [6.07, 6.45) is 0.698. The van der Waals surface area contributed by atoms with Crippen molar-refractivity contribution in [3.8, 4) is 11.8 Å². The van der Waals surface area contributed by atoms with Crippen LogP contribution in [0.1, 0.15) is 17.5 Å². The summed E-state index contributed by atoms with van der Waals surface area (Å²) in [5.41, 5.74) is 1.17. The molecule has 1 aliphatic carbocycles. The van der Waals surface area contributed by atoms with Crippen LogP contribution in [0, 0.1) is 23.2 Å². The van der Waals surface area contributed by atoms with Crippen molar-refractivity contribution in [1.82, 2.24) is 4.90 Å². The summed E-state index contributed by atoms with van der Waals surface area (Å²) in [5.74, 6) is 0.189. The summed E-state index contributed by atoms with van der Waals surface area (Å²) in [7, 11) is 1.52. The van der Waals surface area contributed by atoms with Gasteiger partial charge in [0.2, 0.25) is 11.8 Å². The minimum absolute atomic E-state index is 0.0978. The maximum atomic E-state index is 11.9. The van der Waals surface area contributed by atoms with Crippen molar-refractivity contribution in [3.05, 3.63) is 29.3 Å². The van der Waals surface area contributed by atoms with Gasteiger partial charge in [0.15, 0.2) is 0 Å². The zero-order valence-corrected chi connectivity index (χ0v) is 10.4. The van der Waals surface area contributed by atoms with E-state index >= 15 is 0 Å². The summed E-state index contributed by atoms with van der Waals surface area (Å²) in [6, 6.07) is 7.02. The molecule has 96 valence electrons. The van der Waals surface area contributed by atoms with E-state index in [1.807, 2.05) is 6.07 Å². The highest BCUT2D eigenvalue weighted by molar-refractivity contribution is 6.08. The van der Waals surface area contributed by atoms with Crippen LogP contribution in [0.3, 0.4) is 0 Å². The molecule has 3 rings (SSSR count). The van der Waals surface area contributed by atoms with Crippen LogP contribution in [0.15, 0.2) is 18.2 Å². The van der Waals surface area contributed by atoms with Gasteiger partial charge in [-0.1, -0.05) is 0 Å². The number of ether oxygens (including phenoxy) is 1. The first-order valence-electron chi connectivity index (χ1n) is 6.08. The maximum Gasteiger partial charge on any atom is 0.233 e. The van der Waals surface area contributed by atoms with Crippen LogP contribution in [0.25, 0.3) is 0 Å². The molecule has 1 aliphatic heterocycles. The average Bonchev–Trinajstić information content (AvgIpc) is 3.19. The first-order chi connectivity index (χ1) is 9.15. The van der Waals surface area contributed by atoms with Gasteiger partial charge in [-0.2, -0.15) is 5.26 Å². The molecule has 19 heavy (non-hydrogen) atoms. The van der Waals surface area contributed by atoms with Crippen molar-refractivity contribution < 1.29 is 14.3 Å². The third-order valence-corrected chi connectivity index (χ3v) is 3.69. The van der Waals surface area contributed by atoms with Crippen LogP contribution in [-0.4, -0.2) is 23.8 Å². The Bertz CT molecular complexity index is 598. The number of hydrogen-bond acceptors (Lipinski definition) is 4. The number of benzene rings is 1. The van der Waals surface area contributed by atoms with E-state index in [1.165, 1.54) is 12.0 Å². The fourth-order valence-electron chi connectivity index (χ4n) is 2.55. The molecule has 2 fully saturated rings. The number of methoxy groups -OCH3 is 1. The van der Waals surface area contributed by atoms with Gasteiger partial charge in [0.05, 0.1) is 37.1 Å². The van der Waals surface area contributed by atoms with Crippen LogP contribution in [0.2, 0.25) is 0 Å². The van der Waals surface area contributed by atoms with Crippen molar-refractivity contribution in [2.24, 2.45) is 11.8 Å². The minimum atomic E-state index is -0.0994. The number of hydrogen-bond donors (Lipinski definition) is 0. The second kappa shape index (κ2) is 4.09. The van der Waals surface area contributed by atoms with E-state index in [0.29, 0.717) is 23.3 Å². The third kappa shape index (κ3) is 1.76. The largest absolute Gasteiger partial charge is 0.496 e. The number of piperidine rings is 1. The topological polar surface area (TPSA) is 70.4 Å². The van der Waals surface area contributed by atoms with Crippen molar-refractivity contribution in [2.45, 2.75) is 13.0 Å². The number of imide groups is 1. The van der Waals surface area contributed by atoms with Gasteiger partial charge in [0.1, 0.15) is 5.75 Å². The monoisotopic (exact) mass is 256 g/mol. The lowest BCUT2D eigenvalue weighted by molar-refractivity contribution is -0.142. The van der Waals surface area contributed by atoms with Gasteiger partial charge in [-0.05, 0) is 24.6 Å². The molecule has 0 spiro atoms. The molecule has 5 heteroatoms. The van der Waals surface area contributed by atoms with Gasteiger partial charge < -0.3 is 4.74 Å². The fraction of sp³-hybridized carbons (Fsp3) is 0.357. The second-order valence-corrected chi connectivity index (χ2v) is 4.85. The number of nitriles is 1. The summed E-state index contributed by atoms with van der Waals surface area (Å²) in [5, 5.41) is 8.90. The lowest BCUT2D eigenvalue weighted by Crippen LogP contribution is -2.32. The number of rotatable bonds is 3. The van der Waals surface area contributed by atoms with Gasteiger partial charge in [0, 0.05) is 5.56 Å². The Morgan fingerprint density at radius 1 is 1.37 bits per heavy atom. The van der Waals surface area contributed by atoms with Crippen LogP contribution in [-0.2, 0) is 16.1 Å². The van der Waals surface area contributed by atoms with E-state index in [1.54, 1.807) is 18.2 Å². The van der Waals surface area contributed by atoms with Crippen molar-refractivity contribution >= 4 is 11.8 Å². The molecule has 0 N–H and O–H groups in total. The van der Waals surface area contributed by atoms with Crippen molar-refractivity contribution in [1.29, 1.82) is 5.26 Å². The number of amides is 2. The first kappa shape index (κ1) is 11.7. The van der Waals surface area contributed by atoms with Gasteiger partial charge in [-0.3, -0.25) is 14.5 Å². The zero-order chi connectivity index (χ0) is 13.6. The smallest absolute Gasteiger partial charge is 0.233 e.